The van der Waals surface area contributed by atoms with Gasteiger partial charge in [0.05, 0.1) is 12.5 Å². The zero-order valence-electron chi connectivity index (χ0n) is 9.69. The fourth-order valence-electron chi connectivity index (χ4n) is 1.21. The van der Waals surface area contributed by atoms with E-state index in [1.165, 1.54) is 11.8 Å². The molecule has 0 fully saturated rings. The lowest BCUT2D eigenvalue weighted by Gasteiger charge is -1.94. The molecule has 0 aliphatic heterocycles. The molecule has 2 nitrogen and oxygen atoms in total. The first kappa shape index (κ1) is 13.4. The lowest BCUT2D eigenvalue weighted by molar-refractivity contribution is -0.109. The molecule has 17 heavy (non-hydrogen) atoms. The summed E-state index contributed by atoms with van der Waals surface area (Å²) < 4.78 is 0. The maximum Gasteiger partial charge on any atom is 0.185 e. The molecule has 0 aromatic heterocycles. The van der Waals surface area contributed by atoms with Gasteiger partial charge in [-0.25, -0.2) is 0 Å². The van der Waals surface area contributed by atoms with Crippen LogP contribution in [0.1, 0.15) is 24.5 Å². The zero-order chi connectivity index (χ0) is 12.5. The van der Waals surface area contributed by atoms with Gasteiger partial charge < -0.3 is 0 Å². The van der Waals surface area contributed by atoms with Gasteiger partial charge >= 0.3 is 0 Å². The highest BCUT2D eigenvalue weighted by Crippen LogP contribution is 2.05. The van der Waals surface area contributed by atoms with Crippen LogP contribution >= 0.6 is 11.8 Å². The van der Waals surface area contributed by atoms with Crippen LogP contribution in [0.15, 0.2) is 24.3 Å². The lowest BCUT2D eigenvalue weighted by Crippen LogP contribution is -1.84. The van der Waals surface area contributed by atoms with Crippen molar-refractivity contribution in [3.8, 4) is 17.9 Å². The Morgan fingerprint density at radius 3 is 2.65 bits per heavy atom. The first-order chi connectivity index (χ1) is 8.22. The quantitative estimate of drug-likeness (QED) is 0.605. The van der Waals surface area contributed by atoms with Crippen molar-refractivity contribution in [2.24, 2.45) is 0 Å². The van der Waals surface area contributed by atoms with Crippen molar-refractivity contribution in [3.05, 3.63) is 35.4 Å². The summed E-state index contributed by atoms with van der Waals surface area (Å²) in [4.78, 5) is 10.7. The number of hydrogen-bond acceptors (Lipinski definition) is 3. The number of hydrogen-bond donors (Lipinski definition) is 0. The third-order valence-corrected chi connectivity index (χ3v) is 2.82. The smallest absolute Gasteiger partial charge is 0.185 e. The molecular formula is C14H13NOS. The Kier molecular flexibility index (Phi) is 5.93. The number of nitriles is 1. The van der Waals surface area contributed by atoms with Crippen LogP contribution in [0.5, 0.6) is 0 Å². The normalized spacial score (nSPS) is 8.94. The SMILES string of the molecule is CC(=O)SCCC#Cc1ccc(CC#N)cc1. The molecule has 0 N–H and O–H groups in total. The van der Waals surface area contributed by atoms with E-state index in [0.717, 1.165) is 16.9 Å². The largest absolute Gasteiger partial charge is 0.288 e. The van der Waals surface area contributed by atoms with Crippen LogP contribution in [0.2, 0.25) is 0 Å². The average Bonchev–Trinajstić information content (AvgIpc) is 2.31. The molecule has 0 amide bonds. The monoisotopic (exact) mass is 243 g/mol. The maximum absolute atomic E-state index is 10.7. The molecule has 1 aromatic rings. The summed E-state index contributed by atoms with van der Waals surface area (Å²) in [5.41, 5.74) is 1.95. The van der Waals surface area contributed by atoms with Gasteiger partial charge in [0, 0.05) is 24.7 Å². The Morgan fingerprint density at radius 2 is 2.06 bits per heavy atom. The van der Waals surface area contributed by atoms with Crippen LogP contribution in [0, 0.1) is 23.2 Å². The minimum absolute atomic E-state index is 0.132. The highest BCUT2D eigenvalue weighted by atomic mass is 32.2. The number of rotatable bonds is 3. The van der Waals surface area contributed by atoms with E-state index in [9.17, 15) is 4.79 Å². The van der Waals surface area contributed by atoms with Gasteiger partial charge in [-0.15, -0.1) is 0 Å². The first-order valence-electron chi connectivity index (χ1n) is 5.30. The first-order valence-corrected chi connectivity index (χ1v) is 6.29. The molecule has 1 aromatic carbocycles. The van der Waals surface area contributed by atoms with E-state index in [2.05, 4.69) is 17.9 Å². The van der Waals surface area contributed by atoms with E-state index < -0.39 is 0 Å². The van der Waals surface area contributed by atoms with Crippen molar-refractivity contribution in [2.75, 3.05) is 5.75 Å². The van der Waals surface area contributed by atoms with Crippen LogP contribution in [0.25, 0.3) is 0 Å². The van der Waals surface area contributed by atoms with Gasteiger partial charge in [-0.1, -0.05) is 35.7 Å². The lowest BCUT2D eigenvalue weighted by atomic mass is 10.1. The molecule has 1 rings (SSSR count). The summed E-state index contributed by atoms with van der Waals surface area (Å²) in [5.74, 6) is 6.80. The highest BCUT2D eigenvalue weighted by molar-refractivity contribution is 8.13. The van der Waals surface area contributed by atoms with Gasteiger partial charge in [0.2, 0.25) is 0 Å². The number of nitrogens with zero attached hydrogens (tertiary/aromatic N) is 1. The van der Waals surface area contributed by atoms with Gasteiger partial charge in [-0.3, -0.25) is 4.79 Å². The Bertz CT molecular complexity index is 474. The van der Waals surface area contributed by atoms with Gasteiger partial charge in [0.1, 0.15) is 0 Å². The molecule has 0 atom stereocenters. The molecule has 0 heterocycles. The van der Waals surface area contributed by atoms with Crippen molar-refractivity contribution in [1.82, 2.24) is 0 Å². The standard InChI is InChI=1S/C14H13NOS/c1-12(16)17-11-3-2-4-13-5-7-14(8-6-13)9-10-15/h5-8H,3,9,11H2,1H3. The molecule has 0 bridgehead atoms. The number of carbonyl (C=O) groups excluding carboxylic acids is 1. The van der Waals surface area contributed by atoms with Crippen molar-refractivity contribution in [3.63, 3.8) is 0 Å². The third-order valence-electron chi connectivity index (χ3n) is 2.00. The molecule has 0 radical (unpaired) electrons. The van der Waals surface area contributed by atoms with Crippen LogP contribution in [-0.2, 0) is 11.2 Å². The summed E-state index contributed by atoms with van der Waals surface area (Å²) in [7, 11) is 0. The molecule has 0 aliphatic rings. The highest BCUT2D eigenvalue weighted by Gasteiger charge is 1.92. The van der Waals surface area contributed by atoms with E-state index in [-0.39, 0.29) is 5.12 Å². The van der Waals surface area contributed by atoms with Gasteiger partial charge in [0.25, 0.3) is 0 Å². The van der Waals surface area contributed by atoms with Gasteiger partial charge in [-0.05, 0) is 17.7 Å². The van der Waals surface area contributed by atoms with Crippen molar-refractivity contribution in [1.29, 1.82) is 5.26 Å². The second kappa shape index (κ2) is 7.54. The molecule has 0 aliphatic carbocycles. The third kappa shape index (κ3) is 5.80. The number of benzene rings is 1. The van der Waals surface area contributed by atoms with E-state index in [1.54, 1.807) is 6.92 Å². The number of carbonyl (C=O) groups is 1. The molecular weight excluding hydrogens is 230 g/mol. The molecule has 0 unspecified atom stereocenters. The average molecular weight is 243 g/mol. The second-order valence-corrected chi connectivity index (χ2v) is 4.70. The Morgan fingerprint density at radius 1 is 1.35 bits per heavy atom. The zero-order valence-corrected chi connectivity index (χ0v) is 10.5. The maximum atomic E-state index is 10.7. The van der Waals surface area contributed by atoms with Crippen LogP contribution in [0.4, 0.5) is 0 Å². The summed E-state index contributed by atoms with van der Waals surface area (Å²) in [6, 6.07) is 9.76. The fourth-order valence-corrected chi connectivity index (χ4v) is 1.70. The Labute approximate surface area is 106 Å². The van der Waals surface area contributed by atoms with E-state index in [0.29, 0.717) is 12.8 Å². The van der Waals surface area contributed by atoms with Gasteiger partial charge in [0.15, 0.2) is 5.12 Å². The molecule has 86 valence electrons. The summed E-state index contributed by atoms with van der Waals surface area (Å²) in [6.07, 6.45) is 1.15. The van der Waals surface area contributed by atoms with Crippen molar-refractivity contribution < 1.29 is 4.79 Å². The van der Waals surface area contributed by atoms with E-state index >= 15 is 0 Å². The minimum Gasteiger partial charge on any atom is -0.288 e. The molecule has 0 saturated carbocycles. The van der Waals surface area contributed by atoms with Crippen LogP contribution in [0.3, 0.4) is 0 Å². The summed E-state index contributed by atoms with van der Waals surface area (Å²) >= 11 is 1.30. The topological polar surface area (TPSA) is 40.9 Å². The number of thioether (sulfide) groups is 1. The second-order valence-electron chi connectivity index (χ2n) is 3.42. The fraction of sp³-hybridized carbons (Fsp3) is 0.286. The van der Waals surface area contributed by atoms with Crippen molar-refractivity contribution >= 4 is 16.9 Å². The summed E-state index contributed by atoms with van der Waals surface area (Å²) in [6.45, 7) is 1.56. The molecule has 0 spiro atoms. The predicted octanol–water partition coefficient (Wildman–Crippen LogP) is 2.77. The summed E-state index contributed by atoms with van der Waals surface area (Å²) in [5, 5.41) is 8.66. The molecule has 3 heteroatoms. The molecule has 0 saturated heterocycles. The van der Waals surface area contributed by atoms with E-state index in [1.807, 2.05) is 24.3 Å². The van der Waals surface area contributed by atoms with Gasteiger partial charge in [-0.2, -0.15) is 5.26 Å². The Hall–Kier alpha value is -1.71. The van der Waals surface area contributed by atoms with Crippen LogP contribution < -0.4 is 0 Å². The van der Waals surface area contributed by atoms with E-state index in [4.69, 9.17) is 5.26 Å². The van der Waals surface area contributed by atoms with Crippen molar-refractivity contribution in [2.45, 2.75) is 19.8 Å². The van der Waals surface area contributed by atoms with Crippen LogP contribution in [-0.4, -0.2) is 10.9 Å². The minimum atomic E-state index is 0.132. The Balaban J connectivity index is 2.44. The predicted molar refractivity (Wildman–Crippen MR) is 70.4 cm³/mol.